The van der Waals surface area contributed by atoms with Crippen molar-refractivity contribution in [2.24, 2.45) is 0 Å². The molecule has 0 saturated carbocycles. The minimum Gasteiger partial charge on any atom is -0.491 e. The molecule has 4 aliphatic rings. The molecule has 0 bridgehead atoms. The molecule has 4 amide bonds. The van der Waals surface area contributed by atoms with Crippen molar-refractivity contribution in [2.45, 2.75) is 111 Å². The summed E-state index contributed by atoms with van der Waals surface area (Å²) in [6, 6.07) is 54.6. The number of nitrogens with one attached hydrogen (secondary N) is 8. The van der Waals surface area contributed by atoms with Crippen LogP contribution in [0.4, 0.5) is 0 Å². The molecule has 21 nitrogen and oxygen atoms in total. The van der Waals surface area contributed by atoms with Gasteiger partial charge in [0, 0.05) is 133 Å². The first kappa shape index (κ1) is 75.3. The molecule has 0 atom stereocenters. The number of aromatic nitrogens is 4. The van der Waals surface area contributed by atoms with E-state index in [-0.39, 0.29) is 23.6 Å². The molecule has 11 aromatic rings. The molecule has 8 N–H and O–H groups in total. The molecule has 0 spiro atoms. The molecule has 0 radical (unpaired) electrons. The summed E-state index contributed by atoms with van der Waals surface area (Å²) in [6.07, 6.45) is 8.88. The number of hydrogen-bond acceptors (Lipinski definition) is 17. The number of nitrogens with zero attached hydrogens (tertiary/aromatic N) is 4. The van der Waals surface area contributed by atoms with Crippen molar-refractivity contribution in [3.63, 3.8) is 0 Å². The molecule has 0 aliphatic carbocycles. The summed E-state index contributed by atoms with van der Waals surface area (Å²) in [5.74, 6) is 2.68. The van der Waals surface area contributed by atoms with Gasteiger partial charge in [-0.3, -0.25) is 34.1 Å². The maximum Gasteiger partial charge on any atom is 0.255 e. The number of pyridine rings is 4. The number of ether oxygens (including phenoxy) is 5. The first-order valence-corrected chi connectivity index (χ1v) is 36.3. The Labute approximate surface area is 624 Å². The summed E-state index contributed by atoms with van der Waals surface area (Å²) in [4.78, 5) is 69.6. The van der Waals surface area contributed by atoms with Crippen LogP contribution in [-0.2, 0) is 42.8 Å². The van der Waals surface area contributed by atoms with Crippen LogP contribution < -0.4 is 66.2 Å². The van der Waals surface area contributed by atoms with Crippen molar-refractivity contribution in [2.75, 3.05) is 59.2 Å². The molecule has 0 fully saturated rings. The van der Waals surface area contributed by atoms with Crippen LogP contribution in [0, 0.1) is 6.92 Å². The van der Waals surface area contributed by atoms with E-state index in [4.69, 9.17) is 23.7 Å². The first-order valence-electron chi connectivity index (χ1n) is 36.3. The fourth-order valence-electron chi connectivity index (χ4n) is 13.5. The number of benzene rings is 7. The highest BCUT2D eigenvalue weighted by Gasteiger charge is 2.33. The molecule has 8 heterocycles. The average Bonchev–Trinajstić information content (AvgIpc) is 1.28. The van der Waals surface area contributed by atoms with Gasteiger partial charge < -0.3 is 66.2 Å². The smallest absolute Gasteiger partial charge is 0.255 e. The van der Waals surface area contributed by atoms with Crippen molar-refractivity contribution in [3.05, 3.63) is 268 Å². The SMILES string of the molecule is CC(C)(NC(=O)c1cccc2c1OCCNC2)c1cccc2cccnc12.CC(C)(NC(=O)c1cccc2c1OCCNC2)c1cccc2cnccc12.CC(C)(NC(=O)c1cccc2c1OCCNC2)c1ccnc2ccccc12.Cc1cccnc1OCC(C)(C)NC(=O)c1cccc2c1OCCNC2. The summed E-state index contributed by atoms with van der Waals surface area (Å²) in [5.41, 5.74) is 9.87. The van der Waals surface area contributed by atoms with Crippen molar-refractivity contribution in [1.82, 2.24) is 62.5 Å². The lowest BCUT2D eigenvalue weighted by Crippen LogP contribution is -2.48. The van der Waals surface area contributed by atoms with Gasteiger partial charge in [-0.2, -0.15) is 0 Å². The van der Waals surface area contributed by atoms with Crippen molar-refractivity contribution < 1.29 is 42.9 Å². The normalized spacial score (nSPS) is 14.1. The van der Waals surface area contributed by atoms with Crippen LogP contribution in [0.5, 0.6) is 28.9 Å². The second-order valence-corrected chi connectivity index (χ2v) is 28.9. The Morgan fingerprint density at radius 2 is 0.822 bits per heavy atom. The molecule has 4 aromatic heterocycles. The Balaban J connectivity index is 0.000000133. The van der Waals surface area contributed by atoms with Crippen LogP contribution in [0.25, 0.3) is 32.6 Å². The summed E-state index contributed by atoms with van der Waals surface area (Å²) < 4.78 is 29.2. The van der Waals surface area contributed by atoms with E-state index in [1.165, 1.54) is 0 Å². The topological polar surface area (TPSA) is 262 Å². The first-order chi connectivity index (χ1) is 51.6. The van der Waals surface area contributed by atoms with Crippen LogP contribution in [0.1, 0.15) is 141 Å². The minimum absolute atomic E-state index is 0.134. The standard InChI is InChI=1S/3C22H23N3O2.C20H25N3O3/c1-22(2,18-10-4-6-15-8-5-11-24-19(15)18)25-21(26)17-9-3-7-16-14-23-12-13-27-20(16)17;1-22(2,19-8-4-5-15-13-23-10-9-17(15)19)25-21(26)18-7-3-6-16-14-24-11-12-27-20(16)18;1-22(2,18-10-11-24-19-9-4-3-7-16(18)19)25-21(26)17-8-5-6-15-14-23-12-13-27-20(15)17;1-14-6-5-9-22-19(14)26-13-20(2,3)23-18(24)16-8-4-7-15-12-21-10-11-25-17(15)16/h3-11,23H,12-14H2,1-2H3,(H,25,26);3-10,13,24H,11-12,14H2,1-2H3,(H,25,26);3-11,23H,12-14H2,1-2H3,(H,25,26);4-9,21H,10-13H2,1-3H3,(H,23,24). The van der Waals surface area contributed by atoms with E-state index < -0.39 is 22.2 Å². The third-order valence-electron chi connectivity index (χ3n) is 19.0. The summed E-state index contributed by atoms with van der Waals surface area (Å²) >= 11 is 0. The van der Waals surface area contributed by atoms with Gasteiger partial charge in [0.25, 0.3) is 23.6 Å². The van der Waals surface area contributed by atoms with Crippen LogP contribution >= 0.6 is 0 Å². The largest absolute Gasteiger partial charge is 0.491 e. The quantitative estimate of drug-likeness (QED) is 0.0503. The molecular weight excluding hydrogens is 1350 g/mol. The van der Waals surface area contributed by atoms with Crippen molar-refractivity contribution >= 4 is 56.2 Å². The Kier molecular flexibility index (Phi) is 23.8. The van der Waals surface area contributed by atoms with Crippen molar-refractivity contribution in [1.29, 1.82) is 0 Å². The fourth-order valence-corrected chi connectivity index (χ4v) is 13.5. The third kappa shape index (κ3) is 18.3. The van der Waals surface area contributed by atoms with Gasteiger partial charge >= 0.3 is 0 Å². The zero-order valence-electron chi connectivity index (χ0n) is 62.2. The molecule has 107 heavy (non-hydrogen) atoms. The number of carbonyl (C=O) groups excluding carboxylic acids is 4. The van der Waals surface area contributed by atoms with Gasteiger partial charge in [0.05, 0.1) is 55.4 Å². The second kappa shape index (κ2) is 33.8. The zero-order valence-corrected chi connectivity index (χ0v) is 62.2. The average molecular weight is 1440 g/mol. The lowest BCUT2D eigenvalue weighted by molar-refractivity contribution is 0.0870. The summed E-state index contributed by atoms with van der Waals surface area (Å²) in [6.45, 7) is 26.2. The maximum absolute atomic E-state index is 13.1. The van der Waals surface area contributed by atoms with Crippen molar-refractivity contribution in [3.8, 4) is 28.9 Å². The van der Waals surface area contributed by atoms with E-state index in [9.17, 15) is 19.2 Å². The lowest BCUT2D eigenvalue weighted by atomic mass is 9.89. The highest BCUT2D eigenvalue weighted by molar-refractivity contribution is 6.01. The highest BCUT2D eigenvalue weighted by atomic mass is 16.5. The van der Waals surface area contributed by atoms with Crippen LogP contribution in [0.3, 0.4) is 0 Å². The van der Waals surface area contributed by atoms with Gasteiger partial charge in [0.1, 0.15) is 56.0 Å². The van der Waals surface area contributed by atoms with Gasteiger partial charge in [-0.25, -0.2) is 4.98 Å². The van der Waals surface area contributed by atoms with E-state index in [0.29, 0.717) is 110 Å². The number of rotatable bonds is 14. The van der Waals surface area contributed by atoms with Crippen LogP contribution in [0.2, 0.25) is 0 Å². The molecule has 15 rings (SSSR count). The van der Waals surface area contributed by atoms with E-state index in [1.807, 2.05) is 226 Å². The Bertz CT molecular complexity index is 4620. The minimum atomic E-state index is -0.587. The Morgan fingerprint density at radius 3 is 1.33 bits per heavy atom. The summed E-state index contributed by atoms with van der Waals surface area (Å²) in [5, 5.41) is 30.0. The number of fused-ring (bicyclic) bond motifs is 7. The van der Waals surface area contributed by atoms with E-state index in [1.54, 1.807) is 30.9 Å². The third-order valence-corrected chi connectivity index (χ3v) is 19.0. The molecule has 7 aromatic carbocycles. The zero-order chi connectivity index (χ0) is 75.1. The second-order valence-electron chi connectivity index (χ2n) is 28.9. The van der Waals surface area contributed by atoms with Crippen LogP contribution in [0.15, 0.2) is 201 Å². The molecule has 0 saturated heterocycles. The van der Waals surface area contributed by atoms with E-state index in [2.05, 4.69) is 68.5 Å². The maximum atomic E-state index is 13.1. The van der Waals surface area contributed by atoms with Gasteiger partial charge in [0.15, 0.2) is 0 Å². The number of carbonyl (C=O) groups is 4. The Morgan fingerprint density at radius 1 is 0.402 bits per heavy atom. The number of para-hydroxylation sites is 6. The fraction of sp³-hybridized carbons (Fsp3) is 0.302. The molecule has 4 aliphatic heterocycles. The molecule has 0 unspecified atom stereocenters. The highest BCUT2D eigenvalue weighted by Crippen LogP contribution is 2.35. The predicted molar refractivity (Wildman–Crippen MR) is 417 cm³/mol. The van der Waals surface area contributed by atoms with Gasteiger partial charge in [-0.1, -0.05) is 115 Å². The van der Waals surface area contributed by atoms with Gasteiger partial charge in [-0.05, 0) is 133 Å². The van der Waals surface area contributed by atoms with Crippen LogP contribution in [-0.4, -0.2) is 108 Å². The van der Waals surface area contributed by atoms with Gasteiger partial charge in [0.2, 0.25) is 5.88 Å². The van der Waals surface area contributed by atoms with E-state index in [0.717, 1.165) is 103 Å². The molecular formula is C86H94N12O9. The predicted octanol–water partition coefficient (Wildman–Crippen LogP) is 12.6. The Hall–Kier alpha value is -11.4. The number of aryl methyl sites for hydroxylation is 1. The number of hydrogen-bond donors (Lipinski definition) is 8. The van der Waals surface area contributed by atoms with E-state index >= 15 is 0 Å². The number of amides is 4. The monoisotopic (exact) mass is 1440 g/mol. The lowest BCUT2D eigenvalue weighted by Gasteiger charge is -2.29. The molecule has 552 valence electrons. The summed E-state index contributed by atoms with van der Waals surface area (Å²) in [7, 11) is 0. The molecule has 21 heteroatoms. The van der Waals surface area contributed by atoms with Gasteiger partial charge in [-0.15, -0.1) is 0 Å².